The molecule has 2 saturated heterocycles. The Labute approximate surface area is 221 Å². The minimum atomic E-state index is -4.15. The molecular weight excluding hydrogens is 519 g/mol. The minimum absolute atomic E-state index is 0.0938. The van der Waals surface area contributed by atoms with Gasteiger partial charge in [0.2, 0.25) is 11.9 Å². The van der Waals surface area contributed by atoms with Crippen molar-refractivity contribution in [3.8, 4) is 11.8 Å². The molecule has 4 aliphatic rings. The second kappa shape index (κ2) is 8.28. The minimum Gasteiger partial charge on any atom is -0.339 e. The number of fused-ring (bicyclic) bond motifs is 3. The maximum absolute atomic E-state index is 13.2. The van der Waals surface area contributed by atoms with Crippen LogP contribution in [-0.4, -0.2) is 68.0 Å². The van der Waals surface area contributed by atoms with Crippen LogP contribution in [0.5, 0.6) is 0 Å². The van der Waals surface area contributed by atoms with Crippen LogP contribution in [0.4, 0.5) is 25.1 Å². The molecule has 1 aromatic carbocycles. The molecule has 1 aliphatic carbocycles. The van der Waals surface area contributed by atoms with Gasteiger partial charge in [0.05, 0.1) is 18.2 Å². The third kappa shape index (κ3) is 3.79. The van der Waals surface area contributed by atoms with Gasteiger partial charge in [-0.3, -0.25) is 9.47 Å². The fourth-order valence-electron chi connectivity index (χ4n) is 6.20. The smallest absolute Gasteiger partial charge is 0.339 e. The molecule has 1 spiro atoms. The lowest BCUT2D eigenvalue weighted by molar-refractivity contribution is -0.207. The number of alkyl halides is 3. The van der Waals surface area contributed by atoms with Gasteiger partial charge in [0, 0.05) is 55.4 Å². The molecule has 3 fully saturated rings. The zero-order valence-electron chi connectivity index (χ0n) is 20.2. The number of nitriles is 1. The van der Waals surface area contributed by atoms with Gasteiger partial charge >= 0.3 is 6.18 Å². The quantitative estimate of drug-likeness (QED) is 0.497. The van der Waals surface area contributed by atoms with Gasteiger partial charge in [0.15, 0.2) is 5.82 Å². The maximum Gasteiger partial charge on any atom is 0.391 e. The third-order valence-electron chi connectivity index (χ3n) is 8.23. The number of hydrogen-bond acceptors (Lipinski definition) is 8. The van der Waals surface area contributed by atoms with E-state index in [1.54, 1.807) is 12.3 Å². The van der Waals surface area contributed by atoms with E-state index in [-0.39, 0.29) is 24.3 Å². The van der Waals surface area contributed by atoms with Crippen LogP contribution in [0.15, 0.2) is 30.5 Å². The summed E-state index contributed by atoms with van der Waals surface area (Å²) in [6.45, 7) is 4.11. The van der Waals surface area contributed by atoms with E-state index in [1.807, 2.05) is 22.8 Å². The van der Waals surface area contributed by atoms with Crippen LogP contribution in [0, 0.1) is 22.7 Å². The van der Waals surface area contributed by atoms with Crippen LogP contribution in [0.3, 0.4) is 0 Å². The van der Waals surface area contributed by atoms with Crippen molar-refractivity contribution in [1.82, 2.24) is 29.6 Å². The molecule has 0 radical (unpaired) electrons. The van der Waals surface area contributed by atoms with E-state index in [9.17, 15) is 13.2 Å². The van der Waals surface area contributed by atoms with Gasteiger partial charge in [-0.2, -0.15) is 18.4 Å². The summed E-state index contributed by atoms with van der Waals surface area (Å²) in [5, 5.41) is 18.7. The van der Waals surface area contributed by atoms with Crippen molar-refractivity contribution < 1.29 is 13.2 Å². The summed E-state index contributed by atoms with van der Waals surface area (Å²) in [5.74, 6) is 0.780. The summed E-state index contributed by atoms with van der Waals surface area (Å²) < 4.78 is 41.5. The summed E-state index contributed by atoms with van der Waals surface area (Å²) in [5.41, 5.74) is 2.31. The average molecular weight is 542 g/mol. The van der Waals surface area contributed by atoms with Crippen molar-refractivity contribution in [2.24, 2.45) is 11.3 Å². The molecule has 0 amide bonds. The molecule has 38 heavy (non-hydrogen) atoms. The Morgan fingerprint density at radius 2 is 1.79 bits per heavy atom. The first-order valence-corrected chi connectivity index (χ1v) is 12.9. The molecule has 3 aromatic rings. The maximum atomic E-state index is 13.2. The topological polar surface area (TPSA) is 90.0 Å². The number of hydrogen-bond donors (Lipinski definition) is 0. The van der Waals surface area contributed by atoms with E-state index in [4.69, 9.17) is 16.9 Å². The lowest BCUT2D eigenvalue weighted by Crippen LogP contribution is -2.73. The first-order chi connectivity index (χ1) is 18.2. The van der Waals surface area contributed by atoms with Crippen molar-refractivity contribution >= 4 is 23.5 Å². The fraction of sp³-hybridized carbons (Fsp3) is 0.480. The molecule has 0 bridgehead atoms. The number of anilines is 2. The van der Waals surface area contributed by atoms with Gasteiger partial charge in [0.1, 0.15) is 11.8 Å². The summed E-state index contributed by atoms with van der Waals surface area (Å²) in [6, 6.07) is 9.14. The average Bonchev–Trinajstić information content (AvgIpc) is 3.11. The Balaban J connectivity index is 1.10. The van der Waals surface area contributed by atoms with Gasteiger partial charge in [0.25, 0.3) is 0 Å². The number of aromatic nitrogens is 5. The number of rotatable bonds is 3. The van der Waals surface area contributed by atoms with E-state index in [2.05, 4.69) is 40.9 Å². The molecule has 9 nitrogen and oxygen atoms in total. The van der Waals surface area contributed by atoms with Crippen molar-refractivity contribution in [3.05, 3.63) is 52.6 Å². The summed E-state index contributed by atoms with van der Waals surface area (Å²) in [4.78, 5) is 14.9. The van der Waals surface area contributed by atoms with Crippen LogP contribution >= 0.6 is 11.6 Å². The van der Waals surface area contributed by atoms with Gasteiger partial charge in [-0.15, -0.1) is 10.2 Å². The highest BCUT2D eigenvalue weighted by Gasteiger charge is 2.54. The fourth-order valence-corrected chi connectivity index (χ4v) is 6.40. The lowest BCUT2D eigenvalue weighted by Gasteiger charge is -2.60. The van der Waals surface area contributed by atoms with Gasteiger partial charge in [-0.25, -0.2) is 9.97 Å². The molecule has 196 valence electrons. The monoisotopic (exact) mass is 541 g/mol. The van der Waals surface area contributed by atoms with Crippen molar-refractivity contribution in [1.29, 1.82) is 5.26 Å². The Morgan fingerprint density at radius 3 is 2.53 bits per heavy atom. The van der Waals surface area contributed by atoms with Gasteiger partial charge in [-0.05, 0) is 42.7 Å². The molecule has 0 unspecified atom stereocenters. The van der Waals surface area contributed by atoms with Crippen molar-refractivity contribution in [3.63, 3.8) is 0 Å². The molecule has 5 heterocycles. The summed E-state index contributed by atoms with van der Waals surface area (Å²) >= 11 is 6.33. The molecule has 0 atom stereocenters. The third-order valence-corrected chi connectivity index (χ3v) is 8.47. The highest BCUT2D eigenvalue weighted by Crippen LogP contribution is 2.46. The van der Waals surface area contributed by atoms with E-state index < -0.39 is 12.1 Å². The van der Waals surface area contributed by atoms with Crippen LogP contribution in [0.25, 0.3) is 5.69 Å². The molecule has 13 heteroatoms. The van der Waals surface area contributed by atoms with Gasteiger partial charge < -0.3 is 9.80 Å². The second-order valence-electron chi connectivity index (χ2n) is 10.9. The summed E-state index contributed by atoms with van der Waals surface area (Å²) in [7, 11) is 0. The summed E-state index contributed by atoms with van der Waals surface area (Å²) in [6.07, 6.45) is -2.34. The molecular formula is C25H23ClF3N9. The van der Waals surface area contributed by atoms with E-state index >= 15 is 0 Å². The van der Waals surface area contributed by atoms with Crippen LogP contribution in [-0.2, 0) is 13.1 Å². The zero-order valence-corrected chi connectivity index (χ0v) is 21.0. The molecule has 0 N–H and O–H groups in total. The number of benzene rings is 1. The molecule has 1 saturated carbocycles. The first-order valence-electron chi connectivity index (χ1n) is 12.5. The zero-order chi connectivity index (χ0) is 26.2. The van der Waals surface area contributed by atoms with Crippen molar-refractivity contribution in [2.45, 2.75) is 38.1 Å². The van der Waals surface area contributed by atoms with E-state index in [0.717, 1.165) is 49.2 Å². The Morgan fingerprint density at radius 1 is 1.03 bits per heavy atom. The number of nitrogens with zero attached hydrogens (tertiary/aromatic N) is 9. The van der Waals surface area contributed by atoms with Crippen molar-refractivity contribution in [2.75, 3.05) is 36.0 Å². The van der Waals surface area contributed by atoms with Crippen LogP contribution in [0.1, 0.15) is 29.9 Å². The predicted octanol–water partition coefficient (Wildman–Crippen LogP) is 3.57. The predicted molar refractivity (Wildman–Crippen MR) is 132 cm³/mol. The standard InChI is InChI=1S/C25H23ClF3N9/c26-17-1-2-20-15(5-17)9-35(19-6-16(7-19)25(27,28)29)10-21-33-34-23(38(20)21)37-13-24(14-37)11-36(12-24)22-31-4-3-18(8-30)32-22/h1-5,16,19H,6-7,9-14H2. The van der Waals surface area contributed by atoms with Gasteiger partial charge in [-0.1, -0.05) is 11.6 Å². The van der Waals surface area contributed by atoms with E-state index in [1.165, 1.54) is 0 Å². The Kier molecular flexibility index (Phi) is 5.16. The molecule has 7 rings (SSSR count). The van der Waals surface area contributed by atoms with Crippen LogP contribution < -0.4 is 9.80 Å². The molecule has 2 aromatic heterocycles. The second-order valence-corrected chi connectivity index (χ2v) is 11.3. The highest BCUT2D eigenvalue weighted by atomic mass is 35.5. The van der Waals surface area contributed by atoms with Crippen LogP contribution in [0.2, 0.25) is 5.02 Å². The lowest BCUT2D eigenvalue weighted by atomic mass is 9.73. The Bertz CT molecular complexity index is 1440. The van der Waals surface area contributed by atoms with E-state index in [0.29, 0.717) is 29.8 Å². The largest absolute Gasteiger partial charge is 0.391 e. The number of halogens is 4. The molecule has 3 aliphatic heterocycles. The SMILES string of the molecule is N#Cc1ccnc(N2CC3(C2)CN(c2nnc4n2-c2ccc(Cl)cc2CN(C2CC(C(F)(F)F)C2)C4)C3)n1. The normalized spacial score (nSPS) is 24.0. The Hall–Kier alpha value is -3.43. The first kappa shape index (κ1) is 23.7. The highest BCUT2D eigenvalue weighted by molar-refractivity contribution is 6.30.